The Bertz CT molecular complexity index is 510. The molecule has 5 heteroatoms. The topological polar surface area (TPSA) is 43.8 Å². The number of halogens is 2. The number of anilines is 1. The summed E-state index contributed by atoms with van der Waals surface area (Å²) in [5, 5.41) is 4.65. The molecule has 0 aliphatic carbocycles. The van der Waals surface area contributed by atoms with E-state index in [1.807, 2.05) is 31.2 Å². The molecule has 1 heterocycles. The molecule has 16 heavy (non-hydrogen) atoms. The number of nitrogens with two attached hydrogens (primary N) is 1. The number of aromatic nitrogens is 2. The molecule has 3 nitrogen and oxygen atoms in total. The summed E-state index contributed by atoms with van der Waals surface area (Å²) in [6.07, 6.45) is 1.56. The quantitative estimate of drug-likeness (QED) is 0.922. The predicted molar refractivity (Wildman–Crippen MR) is 69.6 cm³/mol. The highest BCUT2D eigenvalue weighted by Crippen LogP contribution is 2.26. The van der Waals surface area contributed by atoms with Gasteiger partial charge in [0.2, 0.25) is 0 Å². The Kier molecular flexibility index (Phi) is 3.21. The minimum atomic E-state index is 0.0602. The minimum absolute atomic E-state index is 0.0602. The average Bonchev–Trinajstić information content (AvgIpc) is 2.59. The maximum absolute atomic E-state index is 5.87. The van der Waals surface area contributed by atoms with Crippen LogP contribution in [0.15, 0.2) is 34.9 Å². The zero-order valence-corrected chi connectivity index (χ0v) is 11.0. The number of rotatable bonds is 2. The third-order valence-corrected chi connectivity index (χ3v) is 3.27. The van der Waals surface area contributed by atoms with Gasteiger partial charge in [-0.05, 0) is 24.6 Å². The lowest BCUT2D eigenvalue weighted by Crippen LogP contribution is -2.11. The Morgan fingerprint density at radius 2 is 2.25 bits per heavy atom. The van der Waals surface area contributed by atoms with Crippen LogP contribution in [0.2, 0.25) is 5.02 Å². The summed E-state index contributed by atoms with van der Waals surface area (Å²) in [5.41, 5.74) is 6.96. The van der Waals surface area contributed by atoms with Crippen LogP contribution in [-0.4, -0.2) is 9.78 Å². The van der Waals surface area contributed by atoms with Crippen LogP contribution in [0.3, 0.4) is 0 Å². The highest BCUT2D eigenvalue weighted by atomic mass is 79.9. The van der Waals surface area contributed by atoms with Crippen molar-refractivity contribution in [1.29, 1.82) is 0 Å². The van der Waals surface area contributed by atoms with E-state index in [-0.39, 0.29) is 6.04 Å². The Hall–Kier alpha value is -1.00. The van der Waals surface area contributed by atoms with Crippen molar-refractivity contribution in [3.8, 4) is 0 Å². The smallest absolute Gasteiger partial charge is 0.141 e. The van der Waals surface area contributed by atoms with E-state index < -0.39 is 0 Å². The molecule has 0 bridgehead atoms. The molecule has 0 fully saturated rings. The second kappa shape index (κ2) is 4.47. The number of nitrogens with zero attached hydrogens (tertiary/aromatic N) is 2. The van der Waals surface area contributed by atoms with Crippen molar-refractivity contribution in [2.45, 2.75) is 13.0 Å². The molecule has 1 aromatic heterocycles. The van der Waals surface area contributed by atoms with Crippen molar-refractivity contribution in [3.63, 3.8) is 0 Å². The second-order valence-corrected chi connectivity index (χ2v) is 4.88. The fourth-order valence-corrected chi connectivity index (χ4v) is 2.11. The van der Waals surface area contributed by atoms with Crippen LogP contribution in [-0.2, 0) is 0 Å². The van der Waals surface area contributed by atoms with E-state index >= 15 is 0 Å². The first-order chi connectivity index (χ1) is 7.59. The van der Waals surface area contributed by atoms with Gasteiger partial charge in [0, 0.05) is 4.47 Å². The monoisotopic (exact) mass is 299 g/mol. The summed E-state index contributed by atoms with van der Waals surface area (Å²) in [6.45, 7) is 2.03. The summed E-state index contributed by atoms with van der Waals surface area (Å²) in [5.74, 6) is 0.495. The SMILES string of the molecule is CC(c1cccc(Br)c1)n1ncc(Cl)c1N. The van der Waals surface area contributed by atoms with Crippen LogP contribution in [0.25, 0.3) is 0 Å². The van der Waals surface area contributed by atoms with Crippen LogP contribution in [0.5, 0.6) is 0 Å². The van der Waals surface area contributed by atoms with E-state index in [0.29, 0.717) is 10.8 Å². The van der Waals surface area contributed by atoms with Crippen LogP contribution in [0, 0.1) is 0 Å². The molecule has 1 aromatic carbocycles. The zero-order chi connectivity index (χ0) is 11.7. The Balaban J connectivity index is 2.39. The molecule has 0 spiro atoms. The first kappa shape index (κ1) is 11.5. The molecule has 0 amide bonds. The normalized spacial score (nSPS) is 12.7. The first-order valence-corrected chi connectivity index (χ1v) is 6.00. The van der Waals surface area contributed by atoms with Crippen LogP contribution >= 0.6 is 27.5 Å². The number of benzene rings is 1. The maximum Gasteiger partial charge on any atom is 0.141 e. The molecule has 1 unspecified atom stereocenters. The fraction of sp³-hybridized carbons (Fsp3) is 0.182. The second-order valence-electron chi connectivity index (χ2n) is 3.55. The predicted octanol–water partition coefficient (Wildman–Crippen LogP) is 3.49. The third-order valence-electron chi connectivity index (χ3n) is 2.48. The van der Waals surface area contributed by atoms with Gasteiger partial charge in [0.25, 0.3) is 0 Å². The van der Waals surface area contributed by atoms with Crippen molar-refractivity contribution in [2.75, 3.05) is 5.73 Å². The third kappa shape index (κ3) is 2.08. The van der Waals surface area contributed by atoms with E-state index in [9.17, 15) is 0 Å². The molecular formula is C11H11BrClN3. The molecule has 2 aromatic rings. The van der Waals surface area contributed by atoms with Gasteiger partial charge in [-0.25, -0.2) is 4.68 Å². The van der Waals surface area contributed by atoms with Crippen molar-refractivity contribution in [1.82, 2.24) is 9.78 Å². The molecule has 0 saturated heterocycles. The molecule has 1 atom stereocenters. The average molecular weight is 301 g/mol. The van der Waals surface area contributed by atoms with Crippen molar-refractivity contribution in [3.05, 3.63) is 45.5 Å². The minimum Gasteiger partial charge on any atom is -0.383 e. The Labute approximate surface area is 107 Å². The Morgan fingerprint density at radius 1 is 1.50 bits per heavy atom. The molecule has 2 rings (SSSR count). The van der Waals surface area contributed by atoms with E-state index in [0.717, 1.165) is 10.0 Å². The summed E-state index contributed by atoms with van der Waals surface area (Å²) >= 11 is 9.31. The van der Waals surface area contributed by atoms with E-state index in [2.05, 4.69) is 21.0 Å². The van der Waals surface area contributed by atoms with Gasteiger partial charge in [-0.3, -0.25) is 0 Å². The number of hydrogen-bond donors (Lipinski definition) is 1. The highest BCUT2D eigenvalue weighted by Gasteiger charge is 2.13. The molecule has 0 aliphatic rings. The van der Waals surface area contributed by atoms with Gasteiger partial charge >= 0.3 is 0 Å². The molecule has 0 saturated carbocycles. The highest BCUT2D eigenvalue weighted by molar-refractivity contribution is 9.10. The van der Waals surface area contributed by atoms with Gasteiger partial charge in [-0.2, -0.15) is 5.10 Å². The molecular weight excluding hydrogens is 289 g/mol. The van der Waals surface area contributed by atoms with Crippen LogP contribution in [0.4, 0.5) is 5.82 Å². The van der Waals surface area contributed by atoms with Crippen molar-refractivity contribution >= 4 is 33.3 Å². The van der Waals surface area contributed by atoms with Crippen LogP contribution < -0.4 is 5.73 Å². The summed E-state index contributed by atoms with van der Waals surface area (Å²) < 4.78 is 2.75. The van der Waals surface area contributed by atoms with Crippen molar-refractivity contribution < 1.29 is 0 Å². The summed E-state index contributed by atoms with van der Waals surface area (Å²) in [6, 6.07) is 8.10. The van der Waals surface area contributed by atoms with Gasteiger partial charge in [-0.1, -0.05) is 39.7 Å². The van der Waals surface area contributed by atoms with E-state index in [1.165, 1.54) is 0 Å². The Morgan fingerprint density at radius 3 is 2.81 bits per heavy atom. The maximum atomic E-state index is 5.87. The number of hydrogen-bond acceptors (Lipinski definition) is 2. The lowest BCUT2D eigenvalue weighted by molar-refractivity contribution is 0.573. The van der Waals surface area contributed by atoms with E-state index in [4.69, 9.17) is 17.3 Å². The number of nitrogen functional groups attached to an aromatic ring is 1. The van der Waals surface area contributed by atoms with Crippen molar-refractivity contribution in [2.24, 2.45) is 0 Å². The summed E-state index contributed by atoms with van der Waals surface area (Å²) in [4.78, 5) is 0. The molecule has 84 valence electrons. The van der Waals surface area contributed by atoms with E-state index in [1.54, 1.807) is 10.9 Å². The lowest BCUT2D eigenvalue weighted by Gasteiger charge is -2.14. The molecule has 0 radical (unpaired) electrons. The van der Waals surface area contributed by atoms with Gasteiger partial charge < -0.3 is 5.73 Å². The standard InChI is InChI=1S/C11H11BrClN3/c1-7(8-3-2-4-9(12)5-8)16-11(14)10(13)6-15-16/h2-7H,14H2,1H3. The summed E-state index contributed by atoms with van der Waals surface area (Å²) in [7, 11) is 0. The molecule has 2 N–H and O–H groups in total. The zero-order valence-electron chi connectivity index (χ0n) is 8.69. The van der Waals surface area contributed by atoms with Gasteiger partial charge in [-0.15, -0.1) is 0 Å². The fourth-order valence-electron chi connectivity index (χ4n) is 1.57. The largest absolute Gasteiger partial charge is 0.383 e. The van der Waals surface area contributed by atoms with Crippen LogP contribution in [0.1, 0.15) is 18.5 Å². The van der Waals surface area contributed by atoms with Gasteiger partial charge in [0.1, 0.15) is 10.8 Å². The lowest BCUT2D eigenvalue weighted by atomic mass is 10.1. The first-order valence-electron chi connectivity index (χ1n) is 4.83. The molecule has 0 aliphatic heterocycles. The van der Waals surface area contributed by atoms with Gasteiger partial charge in [0.05, 0.1) is 12.2 Å². The van der Waals surface area contributed by atoms with Gasteiger partial charge in [0.15, 0.2) is 0 Å².